The topological polar surface area (TPSA) is 130 Å². The molecular formula is C12H10N6O2. The molecule has 0 bridgehead atoms. The maximum Gasteiger partial charge on any atom is 0.357 e. The molecule has 3 rings (SSSR count). The summed E-state index contributed by atoms with van der Waals surface area (Å²) in [6, 6.07) is 6.86. The van der Waals surface area contributed by atoms with E-state index in [1.54, 1.807) is 24.3 Å². The Balaban J connectivity index is 2.00. The van der Waals surface area contributed by atoms with Crippen molar-refractivity contribution < 1.29 is 9.90 Å². The molecule has 0 atom stereocenters. The van der Waals surface area contributed by atoms with Crippen molar-refractivity contribution in [2.24, 2.45) is 0 Å². The summed E-state index contributed by atoms with van der Waals surface area (Å²) in [6.07, 6.45) is 1.53. The normalized spacial score (nSPS) is 10.6. The lowest BCUT2D eigenvalue weighted by Crippen LogP contribution is -1.99. The van der Waals surface area contributed by atoms with Crippen LogP contribution < -0.4 is 11.1 Å². The highest BCUT2D eigenvalue weighted by Gasteiger charge is 2.13. The number of carbonyl (C=O) groups is 1. The van der Waals surface area contributed by atoms with Gasteiger partial charge in [-0.25, -0.2) is 9.78 Å². The summed E-state index contributed by atoms with van der Waals surface area (Å²) in [5.41, 5.74) is 6.80. The van der Waals surface area contributed by atoms with Gasteiger partial charge in [0.1, 0.15) is 5.82 Å². The quantitative estimate of drug-likeness (QED) is 0.565. The van der Waals surface area contributed by atoms with E-state index in [0.717, 1.165) is 0 Å². The molecule has 0 radical (unpaired) electrons. The lowest BCUT2D eigenvalue weighted by Gasteiger charge is -2.05. The molecule has 0 saturated carbocycles. The van der Waals surface area contributed by atoms with Gasteiger partial charge >= 0.3 is 5.97 Å². The second-order valence-corrected chi connectivity index (χ2v) is 4.06. The van der Waals surface area contributed by atoms with Crippen molar-refractivity contribution >= 4 is 34.3 Å². The minimum Gasteiger partial charge on any atom is -0.476 e. The first-order valence-electron chi connectivity index (χ1n) is 5.70. The van der Waals surface area contributed by atoms with E-state index < -0.39 is 5.97 Å². The van der Waals surface area contributed by atoms with Crippen molar-refractivity contribution in [1.29, 1.82) is 0 Å². The second-order valence-electron chi connectivity index (χ2n) is 4.06. The Morgan fingerprint density at radius 2 is 2.20 bits per heavy atom. The Kier molecular flexibility index (Phi) is 2.68. The van der Waals surface area contributed by atoms with Gasteiger partial charge in [-0.2, -0.15) is 10.1 Å². The van der Waals surface area contributed by atoms with Crippen LogP contribution in [0.1, 0.15) is 10.5 Å². The minimum atomic E-state index is -1.08. The third-order valence-electron chi connectivity index (χ3n) is 2.71. The molecule has 8 nitrogen and oxygen atoms in total. The number of nitrogens with two attached hydrogens (primary N) is 1. The van der Waals surface area contributed by atoms with Crippen molar-refractivity contribution in [3.63, 3.8) is 0 Å². The van der Waals surface area contributed by atoms with Crippen LogP contribution in [-0.4, -0.2) is 31.2 Å². The van der Waals surface area contributed by atoms with E-state index in [2.05, 4.69) is 25.5 Å². The lowest BCUT2D eigenvalue weighted by atomic mass is 10.2. The predicted molar refractivity (Wildman–Crippen MR) is 72.8 cm³/mol. The number of nitrogen functional groups attached to an aromatic ring is 1. The van der Waals surface area contributed by atoms with Crippen molar-refractivity contribution in [1.82, 2.24) is 20.2 Å². The van der Waals surface area contributed by atoms with E-state index in [4.69, 9.17) is 10.8 Å². The van der Waals surface area contributed by atoms with Gasteiger partial charge in [0.05, 0.1) is 5.52 Å². The molecule has 0 fully saturated rings. The molecular weight excluding hydrogens is 260 g/mol. The van der Waals surface area contributed by atoms with Gasteiger partial charge in [0.2, 0.25) is 5.95 Å². The molecule has 20 heavy (non-hydrogen) atoms. The van der Waals surface area contributed by atoms with Crippen LogP contribution >= 0.6 is 0 Å². The van der Waals surface area contributed by atoms with Crippen LogP contribution in [0.4, 0.5) is 17.5 Å². The Morgan fingerprint density at radius 3 is 2.95 bits per heavy atom. The number of nitrogens with one attached hydrogen (secondary N) is 2. The van der Waals surface area contributed by atoms with Crippen molar-refractivity contribution in [3.8, 4) is 0 Å². The van der Waals surface area contributed by atoms with Crippen LogP contribution in [0.2, 0.25) is 0 Å². The molecule has 2 heterocycles. The Bertz CT molecular complexity index is 797. The predicted octanol–water partition coefficient (Wildman–Crippen LogP) is 1.38. The fourth-order valence-corrected chi connectivity index (χ4v) is 1.85. The van der Waals surface area contributed by atoms with Gasteiger partial charge in [-0.15, -0.1) is 0 Å². The number of anilines is 3. The van der Waals surface area contributed by atoms with E-state index in [0.29, 0.717) is 22.4 Å². The third-order valence-corrected chi connectivity index (χ3v) is 2.71. The molecule has 8 heteroatoms. The number of aromatic nitrogens is 4. The maximum absolute atomic E-state index is 11.1. The Morgan fingerprint density at radius 1 is 1.35 bits per heavy atom. The zero-order chi connectivity index (χ0) is 14.1. The monoisotopic (exact) mass is 270 g/mol. The number of hydrogen-bond acceptors (Lipinski definition) is 6. The standard InChI is InChI=1S/C12H10N6O2/c13-12-14-4-3-9(16-12)15-6-1-2-8-7(5-6)10(11(19)20)18-17-8/h1-5H,(H,17,18)(H,19,20)(H3,13,14,15,16). The molecule has 100 valence electrons. The fraction of sp³-hybridized carbons (Fsp3) is 0. The van der Waals surface area contributed by atoms with Gasteiger partial charge in [0.15, 0.2) is 5.69 Å². The molecule has 0 aliphatic carbocycles. The van der Waals surface area contributed by atoms with E-state index >= 15 is 0 Å². The third kappa shape index (κ3) is 2.09. The summed E-state index contributed by atoms with van der Waals surface area (Å²) in [4.78, 5) is 18.9. The minimum absolute atomic E-state index is 0.0224. The number of benzene rings is 1. The Labute approximate surface area is 112 Å². The largest absolute Gasteiger partial charge is 0.476 e. The molecule has 2 aromatic heterocycles. The summed E-state index contributed by atoms with van der Waals surface area (Å²) in [6.45, 7) is 0. The molecule has 0 aliphatic rings. The van der Waals surface area contributed by atoms with Gasteiger partial charge in [-0.05, 0) is 24.3 Å². The number of fused-ring (bicyclic) bond motifs is 1. The number of carboxylic acid groups (broad SMARTS) is 1. The first kappa shape index (κ1) is 11.9. The van der Waals surface area contributed by atoms with Crippen LogP contribution in [0.5, 0.6) is 0 Å². The summed E-state index contributed by atoms with van der Waals surface area (Å²) in [5, 5.41) is 19.0. The first-order valence-corrected chi connectivity index (χ1v) is 5.70. The molecule has 0 amide bonds. The summed E-state index contributed by atoms with van der Waals surface area (Å²) >= 11 is 0. The average molecular weight is 270 g/mol. The molecule has 3 aromatic rings. The molecule has 0 unspecified atom stereocenters. The molecule has 0 aliphatic heterocycles. The average Bonchev–Trinajstić information content (AvgIpc) is 2.82. The number of hydrogen-bond donors (Lipinski definition) is 4. The van der Waals surface area contributed by atoms with Gasteiger partial charge in [-0.3, -0.25) is 5.10 Å². The molecule has 0 spiro atoms. The van der Waals surface area contributed by atoms with Gasteiger partial charge < -0.3 is 16.2 Å². The number of aromatic amines is 1. The Hall–Kier alpha value is -3.16. The molecule has 1 aromatic carbocycles. The van der Waals surface area contributed by atoms with Crippen molar-refractivity contribution in [2.75, 3.05) is 11.1 Å². The van der Waals surface area contributed by atoms with Crippen LogP contribution in [0.15, 0.2) is 30.5 Å². The van der Waals surface area contributed by atoms with E-state index in [1.807, 2.05) is 0 Å². The number of rotatable bonds is 3. The fourth-order valence-electron chi connectivity index (χ4n) is 1.85. The highest BCUT2D eigenvalue weighted by Crippen LogP contribution is 2.22. The number of aromatic carboxylic acids is 1. The smallest absolute Gasteiger partial charge is 0.357 e. The maximum atomic E-state index is 11.1. The van der Waals surface area contributed by atoms with Gasteiger partial charge in [0, 0.05) is 17.3 Å². The highest BCUT2D eigenvalue weighted by molar-refractivity contribution is 6.02. The van der Waals surface area contributed by atoms with Crippen LogP contribution in [-0.2, 0) is 0 Å². The second kappa shape index (κ2) is 4.50. The molecule has 5 N–H and O–H groups in total. The highest BCUT2D eigenvalue weighted by atomic mass is 16.4. The van der Waals surface area contributed by atoms with Gasteiger partial charge in [0.25, 0.3) is 0 Å². The lowest BCUT2D eigenvalue weighted by molar-refractivity contribution is 0.0692. The van der Waals surface area contributed by atoms with Crippen molar-refractivity contribution in [2.45, 2.75) is 0 Å². The SMILES string of the molecule is Nc1nccc(Nc2ccc3[nH]nc(C(=O)O)c3c2)n1. The summed E-state index contributed by atoms with van der Waals surface area (Å²) in [5.74, 6) is -0.400. The zero-order valence-electron chi connectivity index (χ0n) is 10.2. The summed E-state index contributed by atoms with van der Waals surface area (Å²) in [7, 11) is 0. The van der Waals surface area contributed by atoms with Crippen LogP contribution in [0, 0.1) is 0 Å². The van der Waals surface area contributed by atoms with Crippen LogP contribution in [0.3, 0.4) is 0 Å². The van der Waals surface area contributed by atoms with Crippen molar-refractivity contribution in [3.05, 3.63) is 36.2 Å². The van der Waals surface area contributed by atoms with E-state index in [1.165, 1.54) is 6.20 Å². The first-order chi connectivity index (χ1) is 9.63. The van der Waals surface area contributed by atoms with E-state index in [-0.39, 0.29) is 11.6 Å². The van der Waals surface area contributed by atoms with Gasteiger partial charge in [-0.1, -0.05) is 0 Å². The summed E-state index contributed by atoms with van der Waals surface area (Å²) < 4.78 is 0. The zero-order valence-corrected chi connectivity index (χ0v) is 10.2. The van der Waals surface area contributed by atoms with Crippen LogP contribution in [0.25, 0.3) is 10.9 Å². The van der Waals surface area contributed by atoms with E-state index in [9.17, 15) is 4.79 Å². The number of H-pyrrole nitrogens is 1. The number of carboxylic acids is 1. The molecule has 0 saturated heterocycles. The number of nitrogens with zero attached hydrogens (tertiary/aromatic N) is 3.